The summed E-state index contributed by atoms with van der Waals surface area (Å²) in [4.78, 5) is 6.32. The monoisotopic (exact) mass is 460 g/mol. The van der Waals surface area contributed by atoms with Crippen LogP contribution in [0.5, 0.6) is 0 Å². The van der Waals surface area contributed by atoms with Gasteiger partial charge in [-0.15, -0.1) is 0 Å². The number of alkyl halides is 2. The number of nitrogens with one attached hydrogen (secondary N) is 1. The van der Waals surface area contributed by atoms with E-state index in [4.69, 9.17) is 0 Å². The van der Waals surface area contributed by atoms with E-state index in [1.54, 1.807) is 18.3 Å². The van der Waals surface area contributed by atoms with Gasteiger partial charge in [-0.25, -0.2) is 31.4 Å². The number of halogens is 2. The van der Waals surface area contributed by atoms with Crippen LogP contribution in [0.3, 0.4) is 0 Å². The normalized spacial score (nSPS) is 17.1. The van der Waals surface area contributed by atoms with Crippen LogP contribution >= 0.6 is 0 Å². The van der Waals surface area contributed by atoms with Crippen LogP contribution in [-0.4, -0.2) is 48.9 Å². The lowest BCUT2D eigenvalue weighted by Crippen LogP contribution is -2.41. The Balaban J connectivity index is 1.67. The molecule has 1 saturated heterocycles. The highest BCUT2D eigenvalue weighted by Crippen LogP contribution is 2.31. The Hall–Kier alpha value is -3.10. The molecular formula is C21H22F2N6O2S. The van der Waals surface area contributed by atoms with Crippen molar-refractivity contribution in [2.24, 2.45) is 5.92 Å². The number of nitrogens with zero attached hydrogens (tertiary/aromatic N) is 5. The Morgan fingerprint density at radius 3 is 2.84 bits per heavy atom. The summed E-state index contributed by atoms with van der Waals surface area (Å²) in [6.07, 6.45) is 1.75. The van der Waals surface area contributed by atoms with Crippen LogP contribution in [0.4, 0.5) is 14.5 Å². The highest BCUT2D eigenvalue weighted by atomic mass is 32.2. The van der Waals surface area contributed by atoms with Gasteiger partial charge in [-0.3, -0.25) is 0 Å². The maximum absolute atomic E-state index is 13.1. The van der Waals surface area contributed by atoms with Crippen molar-refractivity contribution in [3.8, 4) is 17.3 Å². The van der Waals surface area contributed by atoms with Crippen molar-refractivity contribution in [2.75, 3.05) is 30.8 Å². The minimum Gasteiger partial charge on any atom is -0.370 e. The number of rotatable bonds is 6. The number of hydrogen-bond acceptors (Lipinski definition) is 6. The summed E-state index contributed by atoms with van der Waals surface area (Å²) in [7, 11) is -3.28. The Labute approximate surface area is 184 Å². The van der Waals surface area contributed by atoms with Gasteiger partial charge in [0.05, 0.1) is 29.4 Å². The van der Waals surface area contributed by atoms with E-state index in [0.717, 1.165) is 25.6 Å². The fourth-order valence-electron chi connectivity index (χ4n) is 3.97. The quantitative estimate of drug-likeness (QED) is 0.607. The summed E-state index contributed by atoms with van der Waals surface area (Å²) in [6.45, 7) is 1.67. The number of hydrogen-bond donors (Lipinski definition) is 1. The summed E-state index contributed by atoms with van der Waals surface area (Å²) >= 11 is 0. The lowest BCUT2D eigenvalue weighted by atomic mass is 9.96. The van der Waals surface area contributed by atoms with Crippen molar-refractivity contribution in [3.63, 3.8) is 0 Å². The van der Waals surface area contributed by atoms with Crippen LogP contribution in [-0.2, 0) is 10.0 Å². The van der Waals surface area contributed by atoms with E-state index in [1.165, 1.54) is 16.6 Å². The van der Waals surface area contributed by atoms with Crippen molar-refractivity contribution in [1.29, 1.82) is 5.26 Å². The molecule has 2 aromatic heterocycles. The van der Waals surface area contributed by atoms with Gasteiger partial charge in [-0.1, -0.05) is 6.07 Å². The minimum absolute atomic E-state index is 0.111. The third-order valence-corrected chi connectivity index (χ3v) is 6.21. The molecule has 1 aromatic carbocycles. The summed E-state index contributed by atoms with van der Waals surface area (Å²) in [5.41, 5.74) is 2.54. The Bertz CT molecular complexity index is 1290. The average Bonchev–Trinajstić information content (AvgIpc) is 3.20. The number of anilines is 1. The molecule has 1 aliphatic rings. The number of benzene rings is 1. The molecule has 1 aliphatic heterocycles. The summed E-state index contributed by atoms with van der Waals surface area (Å²) < 4.78 is 53.1. The predicted octanol–water partition coefficient (Wildman–Crippen LogP) is 2.97. The van der Waals surface area contributed by atoms with Crippen molar-refractivity contribution in [1.82, 2.24) is 19.3 Å². The molecule has 11 heteroatoms. The third-order valence-electron chi connectivity index (χ3n) is 5.51. The molecule has 3 aromatic rings. The summed E-state index contributed by atoms with van der Waals surface area (Å²) in [5, 5.41) is 13.6. The number of imidazole rings is 1. The fraction of sp³-hybridized carbons (Fsp3) is 0.381. The molecule has 1 fully saturated rings. The molecule has 0 bridgehead atoms. The number of piperidine rings is 1. The first-order valence-electron chi connectivity index (χ1n) is 10.1. The first-order valence-corrected chi connectivity index (χ1v) is 12.0. The average molecular weight is 461 g/mol. The number of fused-ring (bicyclic) bond motifs is 1. The molecular weight excluding hydrogens is 438 g/mol. The molecule has 1 unspecified atom stereocenters. The van der Waals surface area contributed by atoms with Gasteiger partial charge < -0.3 is 4.90 Å². The molecule has 0 radical (unpaired) electrons. The molecule has 0 aliphatic carbocycles. The Morgan fingerprint density at radius 1 is 1.31 bits per heavy atom. The molecule has 0 spiro atoms. The third kappa shape index (κ3) is 4.71. The zero-order chi connectivity index (χ0) is 22.9. The van der Waals surface area contributed by atoms with Crippen molar-refractivity contribution < 1.29 is 17.2 Å². The van der Waals surface area contributed by atoms with Crippen LogP contribution < -0.4 is 9.62 Å². The van der Waals surface area contributed by atoms with Gasteiger partial charge in [-0.2, -0.15) is 10.4 Å². The van der Waals surface area contributed by atoms with Crippen molar-refractivity contribution in [2.45, 2.75) is 19.3 Å². The van der Waals surface area contributed by atoms with Gasteiger partial charge in [0.1, 0.15) is 11.8 Å². The van der Waals surface area contributed by atoms with E-state index in [0.29, 0.717) is 41.2 Å². The Kier molecular flexibility index (Phi) is 6.08. The maximum atomic E-state index is 13.1. The second-order valence-corrected chi connectivity index (χ2v) is 9.72. The SMILES string of the molecule is CS(=O)(=O)NCC1CCCN(c2cc(-c3cnc4ccc(C(F)F)nn34)ccc2C#N)C1. The lowest BCUT2D eigenvalue weighted by molar-refractivity contribution is 0.144. The molecule has 8 nitrogen and oxygen atoms in total. The summed E-state index contributed by atoms with van der Waals surface area (Å²) in [5.74, 6) is 0.111. The Morgan fingerprint density at radius 2 is 2.12 bits per heavy atom. The standard InChI is InChI=1S/C21H22F2N6O2S/c1-32(30,31)26-11-14-3-2-8-28(13-14)18-9-15(4-5-16(18)10-24)19-12-25-20-7-6-17(21(22)23)27-29(19)20/h4-7,9,12,14,21,26H,2-3,8,11,13H2,1H3. The second-order valence-electron chi connectivity index (χ2n) is 7.89. The van der Waals surface area contributed by atoms with E-state index >= 15 is 0 Å². The van der Waals surface area contributed by atoms with Gasteiger partial charge in [0.2, 0.25) is 10.0 Å². The van der Waals surface area contributed by atoms with Crippen molar-refractivity contribution in [3.05, 3.63) is 47.8 Å². The molecule has 1 atom stereocenters. The first kappa shape index (κ1) is 22.1. The topological polar surface area (TPSA) is 103 Å². The highest BCUT2D eigenvalue weighted by Gasteiger charge is 2.24. The van der Waals surface area contributed by atoms with Gasteiger partial charge >= 0.3 is 0 Å². The zero-order valence-corrected chi connectivity index (χ0v) is 18.2. The van der Waals surface area contributed by atoms with Gasteiger partial charge in [-0.05, 0) is 43.0 Å². The van der Waals surface area contributed by atoms with Crippen LogP contribution in [0, 0.1) is 17.2 Å². The van der Waals surface area contributed by atoms with Crippen LogP contribution in [0.15, 0.2) is 36.5 Å². The molecule has 168 valence electrons. The number of nitriles is 1. The van der Waals surface area contributed by atoms with Gasteiger partial charge in [0.25, 0.3) is 6.43 Å². The largest absolute Gasteiger partial charge is 0.370 e. The fourth-order valence-corrected chi connectivity index (χ4v) is 4.51. The molecule has 4 rings (SSSR count). The van der Waals surface area contributed by atoms with Crippen LogP contribution in [0.2, 0.25) is 0 Å². The summed E-state index contributed by atoms with van der Waals surface area (Å²) in [6, 6.07) is 10.2. The van der Waals surface area contributed by atoms with Gasteiger partial charge in [0.15, 0.2) is 5.65 Å². The lowest BCUT2D eigenvalue weighted by Gasteiger charge is -2.35. The van der Waals surface area contributed by atoms with E-state index < -0.39 is 16.4 Å². The number of sulfonamides is 1. The van der Waals surface area contributed by atoms with Crippen LogP contribution in [0.25, 0.3) is 16.9 Å². The molecule has 0 saturated carbocycles. The molecule has 0 amide bonds. The van der Waals surface area contributed by atoms with Gasteiger partial charge in [0, 0.05) is 25.2 Å². The van der Waals surface area contributed by atoms with Crippen LogP contribution in [0.1, 0.15) is 30.5 Å². The minimum atomic E-state index is -3.28. The number of aromatic nitrogens is 3. The second kappa shape index (κ2) is 8.80. The van der Waals surface area contributed by atoms with E-state index in [1.807, 2.05) is 6.07 Å². The smallest absolute Gasteiger partial charge is 0.282 e. The molecule has 32 heavy (non-hydrogen) atoms. The zero-order valence-electron chi connectivity index (χ0n) is 17.4. The van der Waals surface area contributed by atoms with E-state index in [9.17, 15) is 22.5 Å². The maximum Gasteiger partial charge on any atom is 0.282 e. The van der Waals surface area contributed by atoms with Crippen molar-refractivity contribution >= 4 is 21.4 Å². The van der Waals surface area contributed by atoms with E-state index in [2.05, 4.69) is 25.8 Å². The first-order chi connectivity index (χ1) is 15.2. The predicted molar refractivity (Wildman–Crippen MR) is 116 cm³/mol. The highest BCUT2D eigenvalue weighted by molar-refractivity contribution is 7.88. The molecule has 1 N–H and O–H groups in total. The van der Waals surface area contributed by atoms with E-state index in [-0.39, 0.29) is 11.6 Å². The molecule has 3 heterocycles.